The molecule has 0 saturated heterocycles. The van der Waals surface area contributed by atoms with Crippen LogP contribution >= 0.6 is 11.3 Å². The van der Waals surface area contributed by atoms with Gasteiger partial charge in [0.2, 0.25) is 15.9 Å². The summed E-state index contributed by atoms with van der Waals surface area (Å²) in [6.07, 6.45) is -0.600. The maximum atomic E-state index is 12.0. The normalized spacial score (nSPS) is 13.2. The van der Waals surface area contributed by atoms with Crippen LogP contribution in [0.25, 0.3) is 0 Å². The first-order valence-electron chi connectivity index (χ1n) is 5.24. The van der Waals surface area contributed by atoms with Crippen LogP contribution in [0.4, 0.5) is 0 Å². The van der Waals surface area contributed by atoms with E-state index in [1.807, 2.05) is 4.72 Å². The summed E-state index contributed by atoms with van der Waals surface area (Å²) in [5.41, 5.74) is 4.89. The maximum Gasteiger partial charge on any atom is 0.322 e. The first-order chi connectivity index (χ1) is 8.63. The van der Waals surface area contributed by atoms with Crippen LogP contribution in [0.1, 0.15) is 16.2 Å². The first-order valence-corrected chi connectivity index (χ1v) is 7.54. The lowest BCUT2D eigenvalue weighted by Gasteiger charge is -2.12. The Balaban J connectivity index is 3.04. The second kappa shape index (κ2) is 5.68. The van der Waals surface area contributed by atoms with E-state index >= 15 is 0 Å². The molecule has 0 radical (unpaired) electrons. The van der Waals surface area contributed by atoms with Gasteiger partial charge in [0.05, 0.1) is 11.3 Å². The number of aliphatic carboxylic acids is 1. The summed E-state index contributed by atoms with van der Waals surface area (Å²) in [4.78, 5) is 23.0. The molecule has 1 aromatic heterocycles. The van der Waals surface area contributed by atoms with Gasteiger partial charge in [-0.25, -0.2) is 8.42 Å². The molecule has 1 rings (SSSR count). The summed E-state index contributed by atoms with van der Waals surface area (Å²) in [5, 5.41) is 8.87. The highest BCUT2D eigenvalue weighted by molar-refractivity contribution is 7.89. The van der Waals surface area contributed by atoms with E-state index in [1.165, 1.54) is 17.4 Å². The van der Waals surface area contributed by atoms with Gasteiger partial charge in [-0.2, -0.15) is 4.72 Å². The number of aryl methyl sites for hydroxylation is 2. The molecule has 106 valence electrons. The van der Waals surface area contributed by atoms with Crippen molar-refractivity contribution in [2.75, 3.05) is 0 Å². The van der Waals surface area contributed by atoms with Crippen molar-refractivity contribution < 1.29 is 23.1 Å². The molecule has 1 heterocycles. The minimum atomic E-state index is -3.99. The number of carbonyl (C=O) groups excluding carboxylic acids is 1. The number of carbonyl (C=O) groups is 2. The molecule has 0 aliphatic rings. The van der Waals surface area contributed by atoms with E-state index in [1.54, 1.807) is 13.8 Å². The number of amides is 1. The van der Waals surface area contributed by atoms with Gasteiger partial charge in [-0.15, -0.1) is 11.3 Å². The minimum absolute atomic E-state index is 0.0192. The number of nitrogens with one attached hydrogen (secondary N) is 1. The fourth-order valence-electron chi connectivity index (χ4n) is 1.51. The third-order valence-corrected chi connectivity index (χ3v) is 4.98. The molecule has 1 atom stereocenters. The highest BCUT2D eigenvalue weighted by Gasteiger charge is 2.28. The van der Waals surface area contributed by atoms with Crippen molar-refractivity contribution in [2.24, 2.45) is 5.73 Å². The average molecular weight is 306 g/mol. The number of thiophene rings is 1. The predicted molar refractivity (Wildman–Crippen MR) is 69.3 cm³/mol. The van der Waals surface area contributed by atoms with Gasteiger partial charge in [-0.05, 0) is 19.9 Å². The molecule has 0 spiro atoms. The van der Waals surface area contributed by atoms with Crippen LogP contribution in [0.5, 0.6) is 0 Å². The van der Waals surface area contributed by atoms with Gasteiger partial charge in [0.25, 0.3) is 0 Å². The molecule has 0 aromatic carbocycles. The van der Waals surface area contributed by atoms with E-state index in [9.17, 15) is 18.0 Å². The standard InChI is InChI=1S/C10H14N2O5S2/c1-5-3-8(6(2)18-5)19(16,17)12-7(10(14)15)4-9(11)13/h3,7,12H,4H2,1-2H3,(H2,11,13)(H,14,15). The molecule has 1 amide bonds. The smallest absolute Gasteiger partial charge is 0.322 e. The Morgan fingerprint density at radius 3 is 2.42 bits per heavy atom. The van der Waals surface area contributed by atoms with Gasteiger partial charge >= 0.3 is 5.97 Å². The molecule has 0 aliphatic heterocycles. The lowest BCUT2D eigenvalue weighted by Crippen LogP contribution is -2.43. The van der Waals surface area contributed by atoms with Gasteiger partial charge in [0.1, 0.15) is 6.04 Å². The molecular weight excluding hydrogens is 292 g/mol. The summed E-state index contributed by atoms with van der Waals surface area (Å²) >= 11 is 1.29. The lowest BCUT2D eigenvalue weighted by molar-refractivity contribution is -0.140. The quantitative estimate of drug-likeness (QED) is 0.680. The Kier molecular flexibility index (Phi) is 4.66. The van der Waals surface area contributed by atoms with Crippen LogP contribution in [0.2, 0.25) is 0 Å². The zero-order valence-electron chi connectivity index (χ0n) is 10.3. The molecule has 1 aromatic rings. The van der Waals surface area contributed by atoms with Gasteiger partial charge in [-0.3, -0.25) is 9.59 Å². The summed E-state index contributed by atoms with van der Waals surface area (Å²) < 4.78 is 26.1. The van der Waals surface area contributed by atoms with E-state index in [4.69, 9.17) is 10.8 Å². The zero-order valence-corrected chi connectivity index (χ0v) is 12.0. The molecule has 9 heteroatoms. The number of primary amides is 1. The van der Waals surface area contributed by atoms with Crippen LogP contribution in [-0.2, 0) is 19.6 Å². The fraction of sp³-hybridized carbons (Fsp3) is 0.400. The summed E-state index contributed by atoms with van der Waals surface area (Å²) in [6, 6.07) is -0.118. The van der Waals surface area contributed by atoms with Crippen molar-refractivity contribution in [3.05, 3.63) is 15.8 Å². The Hall–Kier alpha value is -1.45. The fourth-order valence-corrected chi connectivity index (χ4v) is 4.25. The van der Waals surface area contributed by atoms with Crippen molar-refractivity contribution in [3.63, 3.8) is 0 Å². The van der Waals surface area contributed by atoms with Crippen molar-refractivity contribution >= 4 is 33.2 Å². The van der Waals surface area contributed by atoms with Gasteiger partial charge < -0.3 is 10.8 Å². The molecule has 0 bridgehead atoms. The third kappa shape index (κ3) is 4.01. The van der Waals surface area contributed by atoms with Gasteiger partial charge in [0, 0.05) is 9.75 Å². The highest BCUT2D eigenvalue weighted by Crippen LogP contribution is 2.25. The number of carboxylic acids is 1. The Bertz CT molecular complexity index is 605. The molecule has 0 aliphatic carbocycles. The molecular formula is C10H14N2O5S2. The van der Waals surface area contributed by atoms with E-state index in [-0.39, 0.29) is 4.90 Å². The van der Waals surface area contributed by atoms with Crippen LogP contribution in [0, 0.1) is 13.8 Å². The Morgan fingerprint density at radius 2 is 2.05 bits per heavy atom. The zero-order chi connectivity index (χ0) is 14.8. The maximum absolute atomic E-state index is 12.0. The first kappa shape index (κ1) is 15.6. The number of nitrogens with two attached hydrogens (primary N) is 1. The van der Waals surface area contributed by atoms with E-state index < -0.39 is 34.4 Å². The second-order valence-corrected chi connectivity index (χ2v) is 7.10. The predicted octanol–water partition coefficient (Wildman–Crippen LogP) is -0.0282. The number of hydrogen-bond donors (Lipinski definition) is 3. The molecule has 7 nitrogen and oxygen atoms in total. The SMILES string of the molecule is Cc1cc(S(=O)(=O)NC(CC(N)=O)C(=O)O)c(C)s1. The summed E-state index contributed by atoms with van der Waals surface area (Å²) in [7, 11) is -3.99. The topological polar surface area (TPSA) is 127 Å². The average Bonchev–Trinajstić information content (AvgIpc) is 2.56. The van der Waals surface area contributed by atoms with Crippen molar-refractivity contribution in [2.45, 2.75) is 31.2 Å². The number of hydrogen-bond acceptors (Lipinski definition) is 5. The lowest BCUT2D eigenvalue weighted by atomic mass is 10.2. The van der Waals surface area contributed by atoms with Crippen LogP contribution in [0.15, 0.2) is 11.0 Å². The van der Waals surface area contributed by atoms with Crippen molar-refractivity contribution in [1.82, 2.24) is 4.72 Å². The van der Waals surface area contributed by atoms with Crippen LogP contribution < -0.4 is 10.5 Å². The molecule has 1 unspecified atom stereocenters. The highest BCUT2D eigenvalue weighted by atomic mass is 32.2. The van der Waals surface area contributed by atoms with Crippen molar-refractivity contribution in [1.29, 1.82) is 0 Å². The molecule has 19 heavy (non-hydrogen) atoms. The molecule has 4 N–H and O–H groups in total. The molecule has 0 fully saturated rings. The second-order valence-electron chi connectivity index (χ2n) is 3.96. The summed E-state index contributed by atoms with van der Waals surface area (Å²) in [5.74, 6) is -2.35. The van der Waals surface area contributed by atoms with Crippen LogP contribution in [0.3, 0.4) is 0 Å². The third-order valence-electron chi connectivity index (χ3n) is 2.29. The van der Waals surface area contributed by atoms with Crippen LogP contribution in [-0.4, -0.2) is 31.4 Å². The Morgan fingerprint density at radius 1 is 1.47 bits per heavy atom. The monoisotopic (exact) mass is 306 g/mol. The summed E-state index contributed by atoms with van der Waals surface area (Å²) in [6.45, 7) is 3.37. The number of sulfonamides is 1. The van der Waals surface area contributed by atoms with Crippen molar-refractivity contribution in [3.8, 4) is 0 Å². The molecule has 0 saturated carbocycles. The van der Waals surface area contributed by atoms with Gasteiger partial charge in [0.15, 0.2) is 0 Å². The van der Waals surface area contributed by atoms with Gasteiger partial charge in [-0.1, -0.05) is 0 Å². The number of rotatable bonds is 6. The van der Waals surface area contributed by atoms with E-state index in [0.29, 0.717) is 4.88 Å². The largest absolute Gasteiger partial charge is 0.480 e. The Labute approximate surface area is 114 Å². The van der Waals surface area contributed by atoms with E-state index in [0.717, 1.165) is 4.88 Å². The van der Waals surface area contributed by atoms with E-state index in [2.05, 4.69) is 0 Å². The minimum Gasteiger partial charge on any atom is -0.480 e. The number of carboxylic acid groups (broad SMARTS) is 1.